The van der Waals surface area contributed by atoms with Crippen LogP contribution in [0.4, 0.5) is 10.1 Å². The van der Waals surface area contributed by atoms with E-state index in [0.717, 1.165) is 5.69 Å². The Morgan fingerprint density at radius 3 is 2.67 bits per heavy atom. The minimum atomic E-state index is -0.310. The van der Waals surface area contributed by atoms with Gasteiger partial charge in [-0.05, 0) is 25.1 Å². The Balaban J connectivity index is 3.21. The molecule has 1 aromatic carbocycles. The fourth-order valence-corrected chi connectivity index (χ4v) is 1.04. The molecule has 0 unspecified atom stereocenters. The quantitative estimate of drug-likeness (QED) is 0.649. The lowest BCUT2D eigenvalue weighted by Gasteiger charge is -2.06. The van der Waals surface area contributed by atoms with Gasteiger partial charge in [0.1, 0.15) is 5.82 Å². The average molecular weight is 166 g/mol. The molecule has 2 N–H and O–H groups in total. The second-order valence-corrected chi connectivity index (χ2v) is 2.56. The van der Waals surface area contributed by atoms with E-state index in [9.17, 15) is 4.39 Å². The van der Waals surface area contributed by atoms with Crippen molar-refractivity contribution in [1.29, 1.82) is 5.41 Å². The van der Waals surface area contributed by atoms with E-state index in [1.807, 2.05) is 0 Å². The van der Waals surface area contributed by atoms with E-state index >= 15 is 0 Å². The summed E-state index contributed by atoms with van der Waals surface area (Å²) in [5.74, 6) is -0.310. The van der Waals surface area contributed by atoms with Crippen LogP contribution in [0.15, 0.2) is 18.2 Å². The van der Waals surface area contributed by atoms with Crippen LogP contribution in [0.2, 0.25) is 0 Å². The van der Waals surface area contributed by atoms with Gasteiger partial charge in [0.15, 0.2) is 0 Å². The number of benzene rings is 1. The van der Waals surface area contributed by atoms with Crippen LogP contribution in [0.1, 0.15) is 12.5 Å². The first-order valence-electron chi connectivity index (χ1n) is 3.68. The van der Waals surface area contributed by atoms with Gasteiger partial charge in [0.25, 0.3) is 0 Å². The van der Waals surface area contributed by atoms with Crippen molar-refractivity contribution < 1.29 is 4.39 Å². The summed E-state index contributed by atoms with van der Waals surface area (Å²) < 4.78 is 12.7. The van der Waals surface area contributed by atoms with Crippen LogP contribution < -0.4 is 5.32 Å². The molecule has 3 heteroatoms. The molecular formula is C9H11FN2. The first kappa shape index (κ1) is 8.71. The van der Waals surface area contributed by atoms with E-state index in [2.05, 4.69) is 5.32 Å². The summed E-state index contributed by atoms with van der Waals surface area (Å²) in [5.41, 5.74) is 1.75. The van der Waals surface area contributed by atoms with Crippen molar-refractivity contribution in [2.45, 2.75) is 6.92 Å². The van der Waals surface area contributed by atoms with E-state index in [1.165, 1.54) is 12.1 Å². The highest BCUT2D eigenvalue weighted by Crippen LogP contribution is 2.16. The number of hydrogen-bond donors (Lipinski definition) is 2. The molecule has 1 aromatic rings. The number of anilines is 1. The molecule has 0 radical (unpaired) electrons. The van der Waals surface area contributed by atoms with E-state index in [0.29, 0.717) is 11.3 Å². The van der Waals surface area contributed by atoms with Gasteiger partial charge in [0, 0.05) is 24.0 Å². The van der Waals surface area contributed by atoms with E-state index in [1.54, 1.807) is 20.0 Å². The van der Waals surface area contributed by atoms with Crippen molar-refractivity contribution in [3.63, 3.8) is 0 Å². The van der Waals surface area contributed by atoms with Crippen molar-refractivity contribution in [2.24, 2.45) is 0 Å². The van der Waals surface area contributed by atoms with Crippen LogP contribution in [-0.4, -0.2) is 12.8 Å². The molecule has 2 nitrogen and oxygen atoms in total. The summed E-state index contributed by atoms with van der Waals surface area (Å²) in [4.78, 5) is 0. The third-order valence-electron chi connectivity index (χ3n) is 1.65. The van der Waals surface area contributed by atoms with E-state index < -0.39 is 0 Å². The zero-order valence-electron chi connectivity index (χ0n) is 7.11. The second-order valence-electron chi connectivity index (χ2n) is 2.56. The third kappa shape index (κ3) is 1.61. The predicted molar refractivity (Wildman–Crippen MR) is 48.4 cm³/mol. The third-order valence-corrected chi connectivity index (χ3v) is 1.65. The van der Waals surface area contributed by atoms with Crippen LogP contribution in [-0.2, 0) is 0 Å². The molecular weight excluding hydrogens is 155 g/mol. The first-order chi connectivity index (χ1) is 5.65. The summed E-state index contributed by atoms with van der Waals surface area (Å²) in [6.45, 7) is 1.63. The molecule has 0 aliphatic heterocycles. The Bertz CT molecular complexity index is 307. The molecule has 0 aliphatic rings. The fourth-order valence-electron chi connectivity index (χ4n) is 1.04. The molecule has 1 rings (SSSR count). The molecule has 0 aliphatic carbocycles. The Hall–Kier alpha value is -1.38. The number of nitrogens with one attached hydrogen (secondary N) is 2. The minimum absolute atomic E-state index is 0.310. The molecule has 0 spiro atoms. The van der Waals surface area contributed by atoms with Gasteiger partial charge in [-0.2, -0.15) is 0 Å². The lowest BCUT2D eigenvalue weighted by molar-refractivity contribution is 0.627. The Kier molecular flexibility index (Phi) is 2.43. The van der Waals surface area contributed by atoms with Gasteiger partial charge in [0.2, 0.25) is 0 Å². The maximum absolute atomic E-state index is 12.7. The first-order valence-corrected chi connectivity index (χ1v) is 3.68. The SMILES string of the molecule is CNc1ccc(F)cc1C(C)=N. The molecule has 0 atom stereocenters. The van der Waals surface area contributed by atoms with Crippen molar-refractivity contribution in [2.75, 3.05) is 12.4 Å². The Morgan fingerprint density at radius 2 is 2.17 bits per heavy atom. The molecule has 12 heavy (non-hydrogen) atoms. The predicted octanol–water partition coefficient (Wildman–Crippen LogP) is 2.26. The van der Waals surface area contributed by atoms with Crippen molar-refractivity contribution in [1.82, 2.24) is 0 Å². The highest BCUT2D eigenvalue weighted by molar-refractivity contribution is 6.01. The molecule has 0 saturated heterocycles. The highest BCUT2D eigenvalue weighted by Gasteiger charge is 2.03. The van der Waals surface area contributed by atoms with Crippen LogP contribution in [0, 0.1) is 11.2 Å². The maximum Gasteiger partial charge on any atom is 0.124 e. The molecule has 0 amide bonds. The fraction of sp³-hybridized carbons (Fsp3) is 0.222. The Morgan fingerprint density at radius 1 is 1.50 bits per heavy atom. The molecule has 0 bridgehead atoms. The van der Waals surface area contributed by atoms with Crippen LogP contribution in [0.5, 0.6) is 0 Å². The molecule has 0 fully saturated rings. The summed E-state index contributed by atoms with van der Waals surface area (Å²) in [7, 11) is 1.75. The topological polar surface area (TPSA) is 35.9 Å². The molecule has 0 saturated carbocycles. The van der Waals surface area contributed by atoms with Gasteiger partial charge >= 0.3 is 0 Å². The van der Waals surface area contributed by atoms with E-state index in [-0.39, 0.29) is 5.82 Å². The van der Waals surface area contributed by atoms with Gasteiger partial charge in [-0.3, -0.25) is 0 Å². The lowest BCUT2D eigenvalue weighted by Crippen LogP contribution is -2.00. The van der Waals surface area contributed by atoms with Gasteiger partial charge < -0.3 is 10.7 Å². The van der Waals surface area contributed by atoms with Crippen molar-refractivity contribution in [3.8, 4) is 0 Å². The summed E-state index contributed by atoms with van der Waals surface area (Å²) in [6, 6.07) is 4.36. The highest BCUT2D eigenvalue weighted by atomic mass is 19.1. The van der Waals surface area contributed by atoms with Crippen LogP contribution in [0.25, 0.3) is 0 Å². The smallest absolute Gasteiger partial charge is 0.124 e. The zero-order valence-corrected chi connectivity index (χ0v) is 7.11. The molecule has 0 aromatic heterocycles. The maximum atomic E-state index is 12.7. The van der Waals surface area contributed by atoms with E-state index in [4.69, 9.17) is 5.41 Å². The second kappa shape index (κ2) is 3.34. The Labute approximate surface area is 70.9 Å². The van der Waals surface area contributed by atoms with Gasteiger partial charge in [-0.15, -0.1) is 0 Å². The standard InChI is InChI=1S/C9H11FN2/c1-6(11)8-5-7(10)3-4-9(8)12-2/h3-5,11-12H,1-2H3. The average Bonchev–Trinajstić information content (AvgIpc) is 2.04. The van der Waals surface area contributed by atoms with Crippen LogP contribution in [0.3, 0.4) is 0 Å². The number of hydrogen-bond acceptors (Lipinski definition) is 2. The van der Waals surface area contributed by atoms with Gasteiger partial charge in [0.05, 0.1) is 0 Å². The zero-order chi connectivity index (χ0) is 9.14. The van der Waals surface area contributed by atoms with Gasteiger partial charge in [-0.1, -0.05) is 0 Å². The summed E-state index contributed by atoms with van der Waals surface area (Å²) in [5, 5.41) is 10.3. The van der Waals surface area contributed by atoms with Crippen LogP contribution >= 0.6 is 0 Å². The number of halogens is 1. The van der Waals surface area contributed by atoms with Gasteiger partial charge in [-0.25, -0.2) is 4.39 Å². The number of rotatable bonds is 2. The van der Waals surface area contributed by atoms with Crippen molar-refractivity contribution in [3.05, 3.63) is 29.6 Å². The monoisotopic (exact) mass is 166 g/mol. The molecule has 0 heterocycles. The van der Waals surface area contributed by atoms with Crippen molar-refractivity contribution >= 4 is 11.4 Å². The lowest BCUT2D eigenvalue weighted by atomic mass is 10.1. The normalized spacial score (nSPS) is 9.58. The summed E-state index contributed by atoms with van der Waals surface area (Å²) >= 11 is 0. The minimum Gasteiger partial charge on any atom is -0.388 e. The largest absolute Gasteiger partial charge is 0.388 e. The summed E-state index contributed by atoms with van der Waals surface area (Å²) in [6.07, 6.45) is 0. The molecule has 64 valence electrons.